The van der Waals surface area contributed by atoms with E-state index in [0.29, 0.717) is 29.3 Å². The van der Waals surface area contributed by atoms with Crippen molar-refractivity contribution in [3.8, 4) is 11.8 Å². The molecule has 0 bridgehead atoms. The zero-order valence-corrected chi connectivity index (χ0v) is 10.5. The molecule has 0 fully saturated rings. The molecule has 1 nitrogen and oxygen atoms in total. The van der Waals surface area contributed by atoms with E-state index in [4.69, 9.17) is 23.2 Å². The van der Waals surface area contributed by atoms with Crippen LogP contribution in [0.4, 0.5) is 0 Å². The minimum absolute atomic E-state index is 0.168. The van der Waals surface area contributed by atoms with Gasteiger partial charge in [-0.3, -0.25) is 4.79 Å². The first-order valence-electron chi connectivity index (χ1n) is 4.98. The summed E-state index contributed by atoms with van der Waals surface area (Å²) in [6.07, 6.45) is 1.50. The Kier molecular flexibility index (Phi) is 5.38. The number of hydrogen-bond acceptors (Lipinski definition) is 1. The number of ketones is 1. The lowest BCUT2D eigenvalue weighted by Gasteiger charge is -2.01. The zero-order valence-electron chi connectivity index (χ0n) is 9.02. The Morgan fingerprint density at radius 3 is 2.69 bits per heavy atom. The number of benzene rings is 1. The van der Waals surface area contributed by atoms with Crippen molar-refractivity contribution in [2.45, 2.75) is 26.2 Å². The molecule has 0 aliphatic carbocycles. The highest BCUT2D eigenvalue weighted by Crippen LogP contribution is 2.22. The van der Waals surface area contributed by atoms with Crippen LogP contribution < -0.4 is 0 Å². The summed E-state index contributed by atoms with van der Waals surface area (Å²) in [5.41, 5.74) is 0.892. The Morgan fingerprint density at radius 1 is 1.31 bits per heavy atom. The van der Waals surface area contributed by atoms with Gasteiger partial charge < -0.3 is 0 Å². The highest BCUT2D eigenvalue weighted by Gasteiger charge is 2.05. The van der Waals surface area contributed by atoms with Gasteiger partial charge in [-0.15, -0.1) is 11.8 Å². The highest BCUT2D eigenvalue weighted by molar-refractivity contribution is 6.42. The van der Waals surface area contributed by atoms with Gasteiger partial charge >= 0.3 is 0 Å². The fourth-order valence-electron chi connectivity index (χ4n) is 1.29. The molecule has 0 aliphatic rings. The SMILES string of the molecule is CC#CCCC(=O)Cc1ccc(Cl)c(Cl)c1. The largest absolute Gasteiger partial charge is 0.299 e. The summed E-state index contributed by atoms with van der Waals surface area (Å²) < 4.78 is 0. The first kappa shape index (κ1) is 13.1. The molecule has 0 atom stereocenters. The standard InChI is InChI=1S/C13H12Cl2O/c1-2-3-4-5-11(16)8-10-6-7-12(14)13(15)9-10/h6-7,9H,4-5,8H2,1H3. The highest BCUT2D eigenvalue weighted by atomic mass is 35.5. The molecule has 1 aromatic rings. The van der Waals surface area contributed by atoms with Crippen molar-refractivity contribution >= 4 is 29.0 Å². The summed E-state index contributed by atoms with van der Waals surface area (Å²) in [5, 5.41) is 0.995. The Labute approximate surface area is 106 Å². The van der Waals surface area contributed by atoms with Crippen LogP contribution >= 0.6 is 23.2 Å². The summed E-state index contributed by atoms with van der Waals surface area (Å²) in [4.78, 5) is 11.5. The summed E-state index contributed by atoms with van der Waals surface area (Å²) in [7, 11) is 0. The monoisotopic (exact) mass is 254 g/mol. The average Bonchev–Trinajstić information content (AvgIpc) is 2.24. The average molecular weight is 255 g/mol. The van der Waals surface area contributed by atoms with Gasteiger partial charge in [-0.2, -0.15) is 0 Å². The summed E-state index contributed by atoms with van der Waals surface area (Å²) >= 11 is 11.6. The third kappa shape index (κ3) is 4.26. The molecule has 0 saturated carbocycles. The van der Waals surface area contributed by atoms with Crippen molar-refractivity contribution < 1.29 is 4.79 Å². The topological polar surface area (TPSA) is 17.1 Å². The second-order valence-corrected chi connectivity index (χ2v) is 4.21. The van der Waals surface area contributed by atoms with E-state index >= 15 is 0 Å². The number of Topliss-reactive ketones (excluding diaryl/α,β-unsaturated/α-hetero) is 1. The van der Waals surface area contributed by atoms with E-state index in [0.717, 1.165) is 5.56 Å². The fraction of sp³-hybridized carbons (Fsp3) is 0.308. The lowest BCUT2D eigenvalue weighted by molar-refractivity contribution is -0.118. The van der Waals surface area contributed by atoms with Crippen molar-refractivity contribution in [2.24, 2.45) is 0 Å². The van der Waals surface area contributed by atoms with Crippen LogP contribution in [0.5, 0.6) is 0 Å². The molecule has 0 spiro atoms. The van der Waals surface area contributed by atoms with Crippen molar-refractivity contribution in [3.05, 3.63) is 33.8 Å². The number of carbonyl (C=O) groups is 1. The van der Waals surface area contributed by atoms with Crippen LogP contribution in [0, 0.1) is 11.8 Å². The van der Waals surface area contributed by atoms with E-state index in [1.807, 2.05) is 6.07 Å². The Bertz CT molecular complexity index is 441. The number of halogens is 2. The van der Waals surface area contributed by atoms with Gasteiger partial charge in [0.2, 0.25) is 0 Å². The van der Waals surface area contributed by atoms with Gasteiger partial charge in [-0.25, -0.2) is 0 Å². The third-order valence-corrected chi connectivity index (χ3v) is 2.83. The van der Waals surface area contributed by atoms with Crippen LogP contribution in [0.15, 0.2) is 18.2 Å². The first-order chi connectivity index (χ1) is 7.63. The molecule has 0 N–H and O–H groups in total. The van der Waals surface area contributed by atoms with Gasteiger partial charge in [-0.1, -0.05) is 29.3 Å². The van der Waals surface area contributed by atoms with Crippen LogP contribution in [0.2, 0.25) is 10.0 Å². The normalized spacial score (nSPS) is 9.44. The van der Waals surface area contributed by atoms with Gasteiger partial charge in [0.05, 0.1) is 10.0 Å². The molecule has 0 amide bonds. The van der Waals surface area contributed by atoms with E-state index < -0.39 is 0 Å². The molecule has 16 heavy (non-hydrogen) atoms. The maximum atomic E-state index is 11.5. The minimum Gasteiger partial charge on any atom is -0.299 e. The first-order valence-corrected chi connectivity index (χ1v) is 5.74. The molecule has 0 aromatic heterocycles. The molecule has 1 aromatic carbocycles. The van der Waals surface area contributed by atoms with E-state index in [9.17, 15) is 4.79 Å². The van der Waals surface area contributed by atoms with Crippen LogP contribution in [-0.4, -0.2) is 5.78 Å². The Balaban J connectivity index is 2.55. The number of carbonyl (C=O) groups excluding carboxylic acids is 1. The molecule has 0 heterocycles. The van der Waals surface area contributed by atoms with E-state index in [2.05, 4.69) is 11.8 Å². The smallest absolute Gasteiger partial charge is 0.138 e. The molecular formula is C13H12Cl2O. The van der Waals surface area contributed by atoms with Crippen LogP contribution in [-0.2, 0) is 11.2 Å². The lowest BCUT2D eigenvalue weighted by atomic mass is 10.1. The molecule has 0 aliphatic heterocycles. The summed E-state index contributed by atoms with van der Waals surface area (Å²) in [6.45, 7) is 1.77. The van der Waals surface area contributed by atoms with Crippen molar-refractivity contribution in [3.63, 3.8) is 0 Å². The maximum Gasteiger partial charge on any atom is 0.138 e. The van der Waals surface area contributed by atoms with E-state index in [1.165, 1.54) is 0 Å². The predicted molar refractivity (Wildman–Crippen MR) is 67.9 cm³/mol. The third-order valence-electron chi connectivity index (χ3n) is 2.09. The maximum absolute atomic E-state index is 11.5. The van der Waals surface area contributed by atoms with Crippen molar-refractivity contribution in [2.75, 3.05) is 0 Å². The fourth-order valence-corrected chi connectivity index (χ4v) is 1.61. The molecular weight excluding hydrogens is 243 g/mol. The molecule has 3 heteroatoms. The summed E-state index contributed by atoms with van der Waals surface area (Å²) in [5.74, 6) is 5.80. The molecule has 1 rings (SSSR count). The molecule has 0 radical (unpaired) electrons. The van der Waals surface area contributed by atoms with Crippen LogP contribution in [0.25, 0.3) is 0 Å². The number of rotatable bonds is 4. The zero-order chi connectivity index (χ0) is 12.0. The molecule has 84 valence electrons. The Morgan fingerprint density at radius 2 is 2.06 bits per heavy atom. The second kappa shape index (κ2) is 6.58. The lowest BCUT2D eigenvalue weighted by Crippen LogP contribution is -2.01. The van der Waals surface area contributed by atoms with Gasteiger partial charge in [0, 0.05) is 19.3 Å². The quantitative estimate of drug-likeness (QED) is 0.745. The summed E-state index contributed by atoms with van der Waals surface area (Å²) in [6, 6.07) is 5.25. The van der Waals surface area contributed by atoms with Crippen molar-refractivity contribution in [1.82, 2.24) is 0 Å². The molecule has 0 unspecified atom stereocenters. The van der Waals surface area contributed by atoms with Gasteiger partial charge in [0.15, 0.2) is 0 Å². The Hall–Kier alpha value is -0.970. The second-order valence-electron chi connectivity index (χ2n) is 3.39. The van der Waals surface area contributed by atoms with Gasteiger partial charge in [0.25, 0.3) is 0 Å². The van der Waals surface area contributed by atoms with Gasteiger partial charge in [-0.05, 0) is 24.6 Å². The minimum atomic E-state index is 0.168. The van der Waals surface area contributed by atoms with Crippen molar-refractivity contribution in [1.29, 1.82) is 0 Å². The van der Waals surface area contributed by atoms with Crippen LogP contribution in [0.1, 0.15) is 25.3 Å². The van der Waals surface area contributed by atoms with Crippen LogP contribution in [0.3, 0.4) is 0 Å². The van der Waals surface area contributed by atoms with Gasteiger partial charge in [0.1, 0.15) is 5.78 Å². The predicted octanol–water partition coefficient (Wildman–Crippen LogP) is 3.91. The number of hydrogen-bond donors (Lipinski definition) is 0. The molecule has 0 saturated heterocycles. The van der Waals surface area contributed by atoms with E-state index in [1.54, 1.807) is 19.1 Å². The van der Waals surface area contributed by atoms with E-state index in [-0.39, 0.29) is 5.78 Å².